The van der Waals surface area contributed by atoms with Gasteiger partial charge in [-0.25, -0.2) is 0 Å². The van der Waals surface area contributed by atoms with Gasteiger partial charge in [0.1, 0.15) is 12.4 Å². The van der Waals surface area contributed by atoms with E-state index in [2.05, 4.69) is 29.6 Å². The van der Waals surface area contributed by atoms with Crippen molar-refractivity contribution in [1.29, 1.82) is 0 Å². The molecular formula is C28H30N2O3. The van der Waals surface area contributed by atoms with Crippen molar-refractivity contribution in [2.45, 2.75) is 57.3 Å². The summed E-state index contributed by atoms with van der Waals surface area (Å²) in [6, 6.07) is 18.4. The molecule has 2 aromatic carbocycles. The Hall–Kier alpha value is -3.05. The summed E-state index contributed by atoms with van der Waals surface area (Å²) in [4.78, 5) is 13.1. The molecule has 0 bridgehead atoms. The molecule has 1 saturated heterocycles. The van der Waals surface area contributed by atoms with Crippen molar-refractivity contribution < 1.29 is 9.47 Å². The van der Waals surface area contributed by atoms with E-state index >= 15 is 0 Å². The van der Waals surface area contributed by atoms with Gasteiger partial charge >= 0.3 is 0 Å². The zero-order valence-electron chi connectivity index (χ0n) is 18.9. The summed E-state index contributed by atoms with van der Waals surface area (Å²) in [5.41, 5.74) is 7.10. The summed E-state index contributed by atoms with van der Waals surface area (Å²) >= 11 is 0. The number of fused-ring (bicyclic) bond motifs is 3. The van der Waals surface area contributed by atoms with Gasteiger partial charge in [0.05, 0.1) is 11.8 Å². The maximum atomic E-state index is 13.1. The summed E-state index contributed by atoms with van der Waals surface area (Å²) in [6.45, 7) is 2.88. The van der Waals surface area contributed by atoms with Crippen molar-refractivity contribution in [3.05, 3.63) is 81.6 Å². The van der Waals surface area contributed by atoms with Crippen LogP contribution in [0.1, 0.15) is 48.3 Å². The Bertz CT molecular complexity index is 1210. The van der Waals surface area contributed by atoms with Crippen LogP contribution in [-0.4, -0.2) is 23.8 Å². The summed E-state index contributed by atoms with van der Waals surface area (Å²) in [7, 11) is 0. The number of aryl methyl sites for hydroxylation is 1. The molecular weight excluding hydrogens is 412 g/mol. The maximum absolute atomic E-state index is 13.1. The second-order valence-corrected chi connectivity index (χ2v) is 9.44. The lowest BCUT2D eigenvalue weighted by Gasteiger charge is -2.27. The number of pyridine rings is 1. The molecule has 1 saturated carbocycles. The standard InChI is InChI=1S/C28H30N2O3/c31-26-16-25(29-17-23-7-4-14-32-23)27(20-8-9-20)28-24-11-10-22(15-21(24)12-13-30(26)28)33-18-19-5-2-1-3-6-19/h1-3,5-6,10-11,15-16,20,23,29H,4,7-9,12-14,17-18H2. The van der Waals surface area contributed by atoms with Crippen molar-refractivity contribution in [2.24, 2.45) is 0 Å². The van der Waals surface area contributed by atoms with Crippen molar-refractivity contribution >= 4 is 5.69 Å². The van der Waals surface area contributed by atoms with E-state index in [1.807, 2.05) is 34.9 Å². The fraction of sp³-hybridized carbons (Fsp3) is 0.393. The van der Waals surface area contributed by atoms with Gasteiger partial charge in [0.15, 0.2) is 0 Å². The van der Waals surface area contributed by atoms with Crippen LogP contribution in [0.2, 0.25) is 0 Å². The Labute approximate surface area is 194 Å². The molecule has 170 valence electrons. The number of ether oxygens (including phenoxy) is 2. The maximum Gasteiger partial charge on any atom is 0.253 e. The molecule has 0 amide bonds. The highest BCUT2D eigenvalue weighted by Gasteiger charge is 2.33. The van der Waals surface area contributed by atoms with Crippen molar-refractivity contribution in [3.63, 3.8) is 0 Å². The molecule has 5 nitrogen and oxygen atoms in total. The van der Waals surface area contributed by atoms with Gasteiger partial charge in [-0.2, -0.15) is 0 Å². The number of anilines is 1. The fourth-order valence-electron chi connectivity index (χ4n) is 5.21. The molecule has 33 heavy (non-hydrogen) atoms. The minimum Gasteiger partial charge on any atom is -0.489 e. The molecule has 1 aliphatic carbocycles. The SMILES string of the molecule is O=c1cc(NCC2CCCO2)c(C2CC2)c2n1CCc1cc(OCc3ccccc3)ccc1-2. The second kappa shape index (κ2) is 8.71. The van der Waals surface area contributed by atoms with Crippen LogP contribution in [0, 0.1) is 0 Å². The summed E-state index contributed by atoms with van der Waals surface area (Å²) in [5, 5.41) is 3.59. The van der Waals surface area contributed by atoms with E-state index in [9.17, 15) is 4.79 Å². The quantitative estimate of drug-likeness (QED) is 0.552. The van der Waals surface area contributed by atoms with Crippen LogP contribution in [0.15, 0.2) is 59.4 Å². The predicted molar refractivity (Wildman–Crippen MR) is 130 cm³/mol. The highest BCUT2D eigenvalue weighted by Crippen LogP contribution is 2.49. The zero-order chi connectivity index (χ0) is 22.2. The first-order valence-electron chi connectivity index (χ1n) is 12.2. The summed E-state index contributed by atoms with van der Waals surface area (Å²) < 4.78 is 13.9. The van der Waals surface area contributed by atoms with Crippen LogP contribution < -0.4 is 15.6 Å². The van der Waals surface area contributed by atoms with Crippen LogP contribution in [0.5, 0.6) is 5.75 Å². The third-order valence-corrected chi connectivity index (χ3v) is 7.06. The molecule has 0 spiro atoms. The van der Waals surface area contributed by atoms with Gasteiger partial charge in [-0.3, -0.25) is 4.79 Å². The van der Waals surface area contributed by atoms with E-state index in [1.165, 1.54) is 29.5 Å². The molecule has 3 heterocycles. The minimum absolute atomic E-state index is 0.0827. The molecule has 2 aliphatic heterocycles. The Morgan fingerprint density at radius 2 is 1.94 bits per heavy atom. The van der Waals surface area contributed by atoms with Crippen LogP contribution in [0.3, 0.4) is 0 Å². The summed E-state index contributed by atoms with van der Waals surface area (Å²) in [6.07, 6.45) is 5.67. The van der Waals surface area contributed by atoms with E-state index in [4.69, 9.17) is 9.47 Å². The molecule has 2 fully saturated rings. The van der Waals surface area contributed by atoms with Crippen LogP contribution >= 0.6 is 0 Å². The van der Waals surface area contributed by atoms with Crippen LogP contribution in [0.4, 0.5) is 5.69 Å². The average molecular weight is 443 g/mol. The van der Waals surface area contributed by atoms with Crippen molar-refractivity contribution in [1.82, 2.24) is 4.57 Å². The van der Waals surface area contributed by atoms with Gasteiger partial charge in [-0.15, -0.1) is 0 Å². The molecule has 5 heteroatoms. The van der Waals surface area contributed by atoms with Gasteiger partial charge in [0, 0.05) is 42.6 Å². The third kappa shape index (κ3) is 4.18. The van der Waals surface area contributed by atoms with E-state index in [0.29, 0.717) is 12.5 Å². The van der Waals surface area contributed by atoms with Crippen molar-refractivity contribution in [2.75, 3.05) is 18.5 Å². The van der Waals surface area contributed by atoms with Gasteiger partial charge in [-0.05, 0) is 67.3 Å². The monoisotopic (exact) mass is 442 g/mol. The molecule has 1 unspecified atom stereocenters. The number of aromatic nitrogens is 1. The minimum atomic E-state index is 0.0827. The Balaban J connectivity index is 1.32. The first-order chi connectivity index (χ1) is 16.3. The first-order valence-corrected chi connectivity index (χ1v) is 12.2. The first kappa shape index (κ1) is 20.5. The number of rotatable bonds is 7. The highest BCUT2D eigenvalue weighted by molar-refractivity contribution is 5.76. The number of nitrogens with one attached hydrogen (secondary N) is 1. The molecule has 1 N–H and O–H groups in total. The topological polar surface area (TPSA) is 52.5 Å². The van der Waals surface area contributed by atoms with Gasteiger partial charge in [0.2, 0.25) is 0 Å². The Morgan fingerprint density at radius 3 is 2.73 bits per heavy atom. The van der Waals surface area contributed by atoms with E-state index in [0.717, 1.165) is 61.7 Å². The van der Waals surface area contributed by atoms with E-state index < -0.39 is 0 Å². The van der Waals surface area contributed by atoms with Crippen LogP contribution in [0.25, 0.3) is 11.3 Å². The predicted octanol–water partition coefficient (Wildman–Crippen LogP) is 5.12. The van der Waals surface area contributed by atoms with Gasteiger partial charge < -0.3 is 19.4 Å². The molecule has 6 rings (SSSR count). The molecule has 1 aromatic heterocycles. The number of benzene rings is 2. The molecule has 1 atom stereocenters. The molecule has 3 aliphatic rings. The fourth-order valence-corrected chi connectivity index (χ4v) is 5.21. The average Bonchev–Trinajstić information content (AvgIpc) is 3.55. The third-order valence-electron chi connectivity index (χ3n) is 7.06. The van der Waals surface area contributed by atoms with E-state index in [1.54, 1.807) is 0 Å². The van der Waals surface area contributed by atoms with E-state index in [-0.39, 0.29) is 11.7 Å². The lowest BCUT2D eigenvalue weighted by Crippen LogP contribution is -2.29. The molecule has 0 radical (unpaired) electrons. The zero-order valence-corrected chi connectivity index (χ0v) is 18.9. The number of hydrogen-bond donors (Lipinski definition) is 1. The normalized spacial score (nSPS) is 19.1. The smallest absolute Gasteiger partial charge is 0.253 e. The lowest BCUT2D eigenvalue weighted by atomic mass is 9.91. The number of nitrogens with zero attached hydrogens (tertiary/aromatic N) is 1. The highest BCUT2D eigenvalue weighted by atomic mass is 16.5. The van der Waals surface area contributed by atoms with Gasteiger partial charge in [0.25, 0.3) is 5.56 Å². The second-order valence-electron chi connectivity index (χ2n) is 9.44. The Morgan fingerprint density at radius 1 is 1.06 bits per heavy atom. The van der Waals surface area contributed by atoms with Crippen LogP contribution in [-0.2, 0) is 24.3 Å². The van der Waals surface area contributed by atoms with Gasteiger partial charge in [-0.1, -0.05) is 30.3 Å². The number of hydrogen-bond acceptors (Lipinski definition) is 4. The Kier molecular flexibility index (Phi) is 5.43. The lowest BCUT2D eigenvalue weighted by molar-refractivity contribution is 0.120. The summed E-state index contributed by atoms with van der Waals surface area (Å²) in [5.74, 6) is 1.41. The van der Waals surface area contributed by atoms with Crippen molar-refractivity contribution in [3.8, 4) is 17.0 Å². The largest absolute Gasteiger partial charge is 0.489 e. The molecule has 3 aromatic rings.